The van der Waals surface area contributed by atoms with Crippen molar-refractivity contribution in [3.8, 4) is 0 Å². The molecule has 29 heavy (non-hydrogen) atoms. The Morgan fingerprint density at radius 3 is 2.03 bits per heavy atom. The molecule has 0 aromatic heterocycles. The van der Waals surface area contributed by atoms with Gasteiger partial charge >= 0.3 is 0 Å². The summed E-state index contributed by atoms with van der Waals surface area (Å²) in [5.74, 6) is -2.84. The Morgan fingerprint density at radius 2 is 1.48 bits per heavy atom. The molecule has 1 unspecified atom stereocenters. The Bertz CT molecular complexity index is 767. The van der Waals surface area contributed by atoms with E-state index in [1.165, 1.54) is 4.90 Å². The summed E-state index contributed by atoms with van der Waals surface area (Å²) in [5, 5.41) is 0. The van der Waals surface area contributed by atoms with Gasteiger partial charge in [0.25, 0.3) is 11.8 Å². The molecule has 1 amide bonds. The molecule has 2 aliphatic heterocycles. The third-order valence-electron chi connectivity index (χ3n) is 5.78. The van der Waals surface area contributed by atoms with Crippen LogP contribution in [0.25, 0.3) is 0 Å². The van der Waals surface area contributed by atoms with E-state index >= 15 is 0 Å². The van der Waals surface area contributed by atoms with Crippen molar-refractivity contribution >= 4 is 5.91 Å². The molecule has 0 N–H and O–H groups in total. The zero-order valence-electron chi connectivity index (χ0n) is 16.3. The van der Waals surface area contributed by atoms with Crippen molar-refractivity contribution in [3.63, 3.8) is 0 Å². The van der Waals surface area contributed by atoms with E-state index in [1.54, 1.807) is 0 Å². The number of piperidine rings is 1. The monoisotopic (exact) mass is 400 g/mol. The summed E-state index contributed by atoms with van der Waals surface area (Å²) in [4.78, 5) is 16.7. The van der Waals surface area contributed by atoms with Crippen molar-refractivity contribution in [1.29, 1.82) is 0 Å². The molecule has 0 radical (unpaired) electrons. The van der Waals surface area contributed by atoms with Crippen LogP contribution in [0.1, 0.15) is 30.0 Å². The molecule has 0 bridgehead atoms. The first-order valence-corrected chi connectivity index (χ1v) is 10.2. The molecule has 6 heteroatoms. The van der Waals surface area contributed by atoms with Gasteiger partial charge in [0.1, 0.15) is 6.10 Å². The summed E-state index contributed by atoms with van der Waals surface area (Å²) >= 11 is 0. The molecular formula is C23H26F2N2O2. The fourth-order valence-corrected chi connectivity index (χ4v) is 4.20. The quantitative estimate of drug-likeness (QED) is 0.784. The van der Waals surface area contributed by atoms with Crippen LogP contribution in [0.2, 0.25) is 0 Å². The highest BCUT2D eigenvalue weighted by molar-refractivity contribution is 5.81. The number of ether oxygens (including phenoxy) is 1. The number of amides is 1. The molecule has 2 fully saturated rings. The van der Waals surface area contributed by atoms with Gasteiger partial charge < -0.3 is 9.64 Å². The normalized spacial score (nSPS) is 22.6. The fraction of sp³-hybridized carbons (Fsp3) is 0.435. The van der Waals surface area contributed by atoms with E-state index in [-0.39, 0.29) is 37.9 Å². The van der Waals surface area contributed by atoms with Crippen LogP contribution in [0.3, 0.4) is 0 Å². The Labute approximate surface area is 170 Å². The van der Waals surface area contributed by atoms with E-state index in [9.17, 15) is 13.6 Å². The summed E-state index contributed by atoms with van der Waals surface area (Å²) in [5.41, 5.74) is 2.31. The number of alkyl halides is 2. The first-order valence-electron chi connectivity index (χ1n) is 10.2. The van der Waals surface area contributed by atoms with E-state index in [0.717, 1.165) is 11.1 Å². The Hall–Kier alpha value is -2.31. The van der Waals surface area contributed by atoms with E-state index in [0.29, 0.717) is 19.7 Å². The number of hydrogen-bond acceptors (Lipinski definition) is 3. The van der Waals surface area contributed by atoms with Crippen LogP contribution in [-0.2, 0) is 9.53 Å². The molecule has 2 aliphatic rings. The molecule has 0 spiro atoms. The number of halogens is 2. The highest BCUT2D eigenvalue weighted by Crippen LogP contribution is 2.31. The van der Waals surface area contributed by atoms with Crippen LogP contribution >= 0.6 is 0 Å². The number of carbonyl (C=O) groups excluding carboxylic acids is 1. The first kappa shape index (κ1) is 20.0. The summed E-state index contributed by atoms with van der Waals surface area (Å²) in [6.45, 7) is 1.77. The highest BCUT2D eigenvalue weighted by atomic mass is 19.3. The van der Waals surface area contributed by atoms with Gasteiger partial charge in [0.05, 0.1) is 12.6 Å². The predicted octanol–water partition coefficient (Wildman–Crippen LogP) is 3.73. The molecule has 2 saturated heterocycles. The third-order valence-corrected chi connectivity index (χ3v) is 5.78. The Balaban J connectivity index is 1.52. The van der Waals surface area contributed by atoms with Crippen LogP contribution in [0.4, 0.5) is 8.78 Å². The Kier molecular flexibility index (Phi) is 5.92. The van der Waals surface area contributed by atoms with E-state index in [2.05, 4.69) is 29.2 Å². The lowest BCUT2D eigenvalue weighted by Gasteiger charge is -2.40. The number of likely N-dealkylation sites (tertiary alicyclic amines) is 1. The van der Waals surface area contributed by atoms with Crippen LogP contribution in [0, 0.1) is 0 Å². The molecule has 2 heterocycles. The summed E-state index contributed by atoms with van der Waals surface area (Å²) < 4.78 is 32.7. The first-order chi connectivity index (χ1) is 14.0. The summed E-state index contributed by atoms with van der Waals surface area (Å²) in [7, 11) is 0. The number of morpholine rings is 1. The van der Waals surface area contributed by atoms with Crippen molar-refractivity contribution in [2.75, 3.05) is 32.8 Å². The zero-order chi connectivity index (χ0) is 20.3. The maximum atomic E-state index is 13.4. The summed E-state index contributed by atoms with van der Waals surface area (Å²) in [6, 6.07) is 20.4. The number of benzene rings is 2. The minimum absolute atomic E-state index is 0.0160. The van der Waals surface area contributed by atoms with Crippen molar-refractivity contribution in [3.05, 3.63) is 71.8 Å². The molecule has 2 aromatic rings. The van der Waals surface area contributed by atoms with E-state index < -0.39 is 12.0 Å². The molecule has 2 aromatic carbocycles. The lowest BCUT2D eigenvalue weighted by Crippen LogP contribution is -2.54. The smallest absolute Gasteiger partial charge is 0.253 e. The van der Waals surface area contributed by atoms with Crippen LogP contribution in [0.5, 0.6) is 0 Å². The van der Waals surface area contributed by atoms with Gasteiger partial charge in [-0.2, -0.15) is 0 Å². The van der Waals surface area contributed by atoms with Crippen molar-refractivity contribution < 1.29 is 18.3 Å². The van der Waals surface area contributed by atoms with E-state index in [1.807, 2.05) is 36.4 Å². The Morgan fingerprint density at radius 1 is 0.931 bits per heavy atom. The minimum Gasteiger partial charge on any atom is -0.366 e. The molecule has 0 aliphatic carbocycles. The standard InChI is InChI=1S/C23H26F2N2O2/c24-23(25)11-13-26(14-12-23)22(28)20-17-27(15-16-29-20)21(18-7-3-1-4-8-18)19-9-5-2-6-10-19/h1-10,20-21H,11-17H2. The van der Waals surface area contributed by atoms with Crippen LogP contribution < -0.4 is 0 Å². The van der Waals surface area contributed by atoms with Gasteiger partial charge in [-0.25, -0.2) is 8.78 Å². The maximum Gasteiger partial charge on any atom is 0.253 e. The van der Waals surface area contributed by atoms with Gasteiger partial charge in [0, 0.05) is 39.0 Å². The van der Waals surface area contributed by atoms with Gasteiger partial charge in [-0.15, -0.1) is 0 Å². The molecule has 0 saturated carbocycles. The van der Waals surface area contributed by atoms with Gasteiger partial charge in [-0.3, -0.25) is 9.69 Å². The van der Waals surface area contributed by atoms with Gasteiger partial charge in [0.15, 0.2) is 0 Å². The van der Waals surface area contributed by atoms with Gasteiger partial charge in [-0.1, -0.05) is 60.7 Å². The lowest BCUT2D eigenvalue weighted by atomic mass is 9.96. The molecule has 154 valence electrons. The second-order valence-corrected chi connectivity index (χ2v) is 7.76. The van der Waals surface area contributed by atoms with Gasteiger partial charge in [-0.05, 0) is 11.1 Å². The van der Waals surface area contributed by atoms with Crippen molar-refractivity contribution in [2.24, 2.45) is 0 Å². The average Bonchev–Trinajstić information content (AvgIpc) is 2.75. The van der Waals surface area contributed by atoms with Gasteiger partial charge in [0.2, 0.25) is 0 Å². The highest BCUT2D eigenvalue weighted by Gasteiger charge is 2.39. The average molecular weight is 400 g/mol. The number of hydrogen-bond donors (Lipinski definition) is 0. The number of nitrogens with zero attached hydrogens (tertiary/aromatic N) is 2. The number of rotatable bonds is 4. The molecule has 1 atom stereocenters. The predicted molar refractivity (Wildman–Crippen MR) is 107 cm³/mol. The molecule has 4 rings (SSSR count). The largest absolute Gasteiger partial charge is 0.366 e. The minimum atomic E-state index is -2.66. The molecule has 4 nitrogen and oxygen atoms in total. The SMILES string of the molecule is O=C(C1CN(C(c2ccccc2)c2ccccc2)CCO1)N1CCC(F)(F)CC1. The fourth-order valence-electron chi connectivity index (χ4n) is 4.20. The third kappa shape index (κ3) is 4.65. The lowest BCUT2D eigenvalue weighted by molar-refractivity contribution is -0.155. The second-order valence-electron chi connectivity index (χ2n) is 7.76. The molecular weight excluding hydrogens is 374 g/mol. The number of carbonyl (C=O) groups is 1. The topological polar surface area (TPSA) is 32.8 Å². The second kappa shape index (κ2) is 8.59. The van der Waals surface area contributed by atoms with Crippen molar-refractivity contribution in [1.82, 2.24) is 9.80 Å². The zero-order valence-corrected chi connectivity index (χ0v) is 16.3. The van der Waals surface area contributed by atoms with Crippen LogP contribution in [-0.4, -0.2) is 60.5 Å². The maximum absolute atomic E-state index is 13.4. The van der Waals surface area contributed by atoms with Crippen LogP contribution in [0.15, 0.2) is 60.7 Å². The summed E-state index contributed by atoms with van der Waals surface area (Å²) in [6.07, 6.45) is -1.16. The van der Waals surface area contributed by atoms with E-state index in [4.69, 9.17) is 4.74 Å². The van der Waals surface area contributed by atoms with Crippen molar-refractivity contribution in [2.45, 2.75) is 30.9 Å².